The molecule has 128 valence electrons. The number of amides is 1. The number of ether oxygens (including phenoxy) is 3. The van der Waals surface area contributed by atoms with Crippen LogP contribution in [0.4, 0.5) is 0 Å². The number of hydrogen-bond donors (Lipinski definition) is 1. The molecule has 1 amide bonds. The average Bonchev–Trinajstić information content (AvgIpc) is 2.59. The Labute approximate surface area is 142 Å². The van der Waals surface area contributed by atoms with E-state index in [1.165, 1.54) is 0 Å². The molecule has 1 N–H and O–H groups in total. The lowest BCUT2D eigenvalue weighted by Crippen LogP contribution is -2.38. The first-order valence-corrected chi connectivity index (χ1v) is 7.86. The minimum atomic E-state index is -0.586. The first kappa shape index (κ1) is 17.7. The van der Waals surface area contributed by atoms with Crippen LogP contribution < -0.4 is 19.5 Å². The second-order valence-corrected chi connectivity index (χ2v) is 5.39. The third-order valence-corrected chi connectivity index (χ3v) is 3.40. The Bertz CT molecular complexity index is 655. The van der Waals surface area contributed by atoms with Crippen molar-refractivity contribution in [3.05, 3.63) is 54.1 Å². The molecule has 0 saturated heterocycles. The van der Waals surface area contributed by atoms with Crippen LogP contribution in [0.5, 0.6) is 17.2 Å². The smallest absolute Gasteiger partial charge is 0.260 e. The molecule has 2 aromatic carbocycles. The lowest BCUT2D eigenvalue weighted by atomic mass is 10.2. The van der Waals surface area contributed by atoms with Gasteiger partial charge in [-0.3, -0.25) is 4.79 Å². The van der Waals surface area contributed by atoms with Gasteiger partial charge in [0.05, 0.1) is 13.7 Å². The number of hydrogen-bond acceptors (Lipinski definition) is 4. The number of benzene rings is 2. The summed E-state index contributed by atoms with van der Waals surface area (Å²) >= 11 is 0. The van der Waals surface area contributed by atoms with Gasteiger partial charge in [-0.25, -0.2) is 0 Å². The molecule has 1 atom stereocenters. The van der Waals surface area contributed by atoms with Gasteiger partial charge in [-0.1, -0.05) is 12.1 Å². The fourth-order valence-corrected chi connectivity index (χ4v) is 2.10. The van der Waals surface area contributed by atoms with E-state index >= 15 is 0 Å². The Morgan fingerprint density at radius 3 is 2.46 bits per heavy atom. The molecule has 5 nitrogen and oxygen atoms in total. The van der Waals surface area contributed by atoms with Gasteiger partial charge < -0.3 is 19.5 Å². The quantitative estimate of drug-likeness (QED) is 0.757. The molecule has 0 heterocycles. The van der Waals surface area contributed by atoms with Gasteiger partial charge in [-0.15, -0.1) is 0 Å². The first-order chi connectivity index (χ1) is 11.6. The highest BCUT2D eigenvalue weighted by Crippen LogP contribution is 2.18. The molecule has 5 heteroatoms. The van der Waals surface area contributed by atoms with E-state index in [9.17, 15) is 4.79 Å². The topological polar surface area (TPSA) is 56.8 Å². The van der Waals surface area contributed by atoms with Crippen LogP contribution in [0.2, 0.25) is 0 Å². The Kier molecular flexibility index (Phi) is 6.49. The number of carbonyl (C=O) groups is 1. The fourth-order valence-electron chi connectivity index (χ4n) is 2.10. The molecule has 0 radical (unpaired) electrons. The fraction of sp³-hybridized carbons (Fsp3) is 0.316. The number of carbonyl (C=O) groups excluding carboxylic acids is 1. The van der Waals surface area contributed by atoms with Crippen LogP contribution in [0.25, 0.3) is 0 Å². The van der Waals surface area contributed by atoms with E-state index in [0.29, 0.717) is 18.9 Å². The van der Waals surface area contributed by atoms with Gasteiger partial charge in [0.2, 0.25) is 0 Å². The van der Waals surface area contributed by atoms with Crippen LogP contribution in [0.3, 0.4) is 0 Å². The van der Waals surface area contributed by atoms with Gasteiger partial charge in [-0.05, 0) is 55.8 Å². The lowest BCUT2D eigenvalue weighted by Gasteiger charge is -2.15. The van der Waals surface area contributed by atoms with Crippen LogP contribution in [0, 0.1) is 6.92 Å². The maximum absolute atomic E-state index is 12.0. The highest BCUT2D eigenvalue weighted by molar-refractivity contribution is 5.80. The SMILES string of the molecule is COc1ccc(OC(C)C(=O)NCCOc2cccc(C)c2)cc1. The van der Waals surface area contributed by atoms with E-state index in [1.807, 2.05) is 31.2 Å². The second-order valence-electron chi connectivity index (χ2n) is 5.39. The summed E-state index contributed by atoms with van der Waals surface area (Å²) in [6.07, 6.45) is -0.586. The lowest BCUT2D eigenvalue weighted by molar-refractivity contribution is -0.127. The van der Waals surface area contributed by atoms with E-state index in [4.69, 9.17) is 14.2 Å². The van der Waals surface area contributed by atoms with Crippen LogP contribution in [-0.2, 0) is 4.79 Å². The minimum Gasteiger partial charge on any atom is -0.497 e. The summed E-state index contributed by atoms with van der Waals surface area (Å²) in [5, 5.41) is 2.80. The Morgan fingerprint density at radius 2 is 1.79 bits per heavy atom. The molecule has 0 aromatic heterocycles. The summed E-state index contributed by atoms with van der Waals surface area (Å²) < 4.78 is 16.3. The van der Waals surface area contributed by atoms with Gasteiger partial charge in [0.25, 0.3) is 5.91 Å². The molecular formula is C19H23NO4. The van der Waals surface area contributed by atoms with Gasteiger partial charge in [-0.2, -0.15) is 0 Å². The third-order valence-electron chi connectivity index (χ3n) is 3.40. The Balaban J connectivity index is 1.71. The maximum atomic E-state index is 12.0. The zero-order valence-electron chi connectivity index (χ0n) is 14.2. The molecular weight excluding hydrogens is 306 g/mol. The second kappa shape index (κ2) is 8.82. The maximum Gasteiger partial charge on any atom is 0.260 e. The van der Waals surface area contributed by atoms with Crippen molar-refractivity contribution in [1.82, 2.24) is 5.32 Å². The molecule has 0 aliphatic carbocycles. The first-order valence-electron chi connectivity index (χ1n) is 7.86. The van der Waals surface area contributed by atoms with Crippen LogP contribution in [0.1, 0.15) is 12.5 Å². The Hall–Kier alpha value is -2.69. The van der Waals surface area contributed by atoms with Crippen molar-refractivity contribution in [3.8, 4) is 17.2 Å². The number of nitrogens with one attached hydrogen (secondary N) is 1. The predicted molar refractivity (Wildman–Crippen MR) is 92.8 cm³/mol. The van der Waals surface area contributed by atoms with Crippen molar-refractivity contribution in [2.75, 3.05) is 20.3 Å². The highest BCUT2D eigenvalue weighted by Gasteiger charge is 2.14. The molecule has 0 fully saturated rings. The van der Waals surface area contributed by atoms with Crippen molar-refractivity contribution >= 4 is 5.91 Å². The van der Waals surface area contributed by atoms with E-state index in [-0.39, 0.29) is 5.91 Å². The van der Waals surface area contributed by atoms with Crippen LogP contribution in [0.15, 0.2) is 48.5 Å². The molecule has 0 spiro atoms. The third kappa shape index (κ3) is 5.50. The van der Waals surface area contributed by atoms with Crippen LogP contribution >= 0.6 is 0 Å². The molecule has 1 unspecified atom stereocenters. The Morgan fingerprint density at radius 1 is 1.08 bits per heavy atom. The summed E-state index contributed by atoms with van der Waals surface area (Å²) in [7, 11) is 1.60. The molecule has 0 aliphatic heterocycles. The normalized spacial score (nSPS) is 11.5. The van der Waals surface area contributed by atoms with E-state index in [0.717, 1.165) is 17.1 Å². The summed E-state index contributed by atoms with van der Waals surface area (Å²) in [5.74, 6) is 1.98. The molecule has 24 heavy (non-hydrogen) atoms. The molecule has 0 saturated carbocycles. The summed E-state index contributed by atoms with van der Waals surface area (Å²) in [4.78, 5) is 12.0. The molecule has 2 aromatic rings. The largest absolute Gasteiger partial charge is 0.497 e. The van der Waals surface area contributed by atoms with Gasteiger partial charge in [0.1, 0.15) is 23.9 Å². The molecule has 2 rings (SSSR count). The summed E-state index contributed by atoms with van der Waals surface area (Å²) in [6, 6.07) is 14.9. The van der Waals surface area contributed by atoms with Crippen molar-refractivity contribution in [2.45, 2.75) is 20.0 Å². The van der Waals surface area contributed by atoms with Crippen molar-refractivity contribution in [2.24, 2.45) is 0 Å². The minimum absolute atomic E-state index is 0.182. The van der Waals surface area contributed by atoms with Gasteiger partial charge >= 0.3 is 0 Å². The van der Waals surface area contributed by atoms with E-state index < -0.39 is 6.10 Å². The zero-order valence-corrected chi connectivity index (χ0v) is 14.2. The summed E-state index contributed by atoms with van der Waals surface area (Å²) in [5.41, 5.74) is 1.14. The van der Waals surface area contributed by atoms with Crippen LogP contribution in [-0.4, -0.2) is 32.3 Å². The zero-order chi connectivity index (χ0) is 17.4. The monoisotopic (exact) mass is 329 g/mol. The van der Waals surface area contributed by atoms with E-state index in [2.05, 4.69) is 5.32 Å². The number of methoxy groups -OCH3 is 1. The standard InChI is InChI=1S/C19H23NO4/c1-14-5-4-6-18(13-14)23-12-11-20-19(21)15(2)24-17-9-7-16(22-3)8-10-17/h4-10,13,15H,11-12H2,1-3H3,(H,20,21). The van der Waals surface area contributed by atoms with Gasteiger partial charge in [0, 0.05) is 0 Å². The molecule has 0 aliphatic rings. The highest BCUT2D eigenvalue weighted by atomic mass is 16.5. The molecule has 0 bridgehead atoms. The number of rotatable bonds is 8. The van der Waals surface area contributed by atoms with E-state index in [1.54, 1.807) is 38.3 Å². The van der Waals surface area contributed by atoms with Crippen molar-refractivity contribution in [3.63, 3.8) is 0 Å². The van der Waals surface area contributed by atoms with Crippen molar-refractivity contribution in [1.29, 1.82) is 0 Å². The van der Waals surface area contributed by atoms with Crippen molar-refractivity contribution < 1.29 is 19.0 Å². The average molecular weight is 329 g/mol. The summed E-state index contributed by atoms with van der Waals surface area (Å²) in [6.45, 7) is 4.54. The van der Waals surface area contributed by atoms with Gasteiger partial charge in [0.15, 0.2) is 6.10 Å². The predicted octanol–water partition coefficient (Wildman–Crippen LogP) is 2.97. The number of aryl methyl sites for hydroxylation is 1.